The molecule has 0 aliphatic heterocycles. The molecule has 2 rings (SSSR count). The van der Waals surface area contributed by atoms with Crippen LogP contribution in [-0.4, -0.2) is 54.1 Å². The standard InChI is InChI=1S/C19H22ClNO6S/c1-25-10-11-27-18-16(20)4-3-5-17(18)21-19(22)14-6-8-15(9-7-14)28(23,24)13-12-26-2/h3-9H,10-13H2,1-2H3,(H,21,22). The van der Waals surface area contributed by atoms with E-state index in [9.17, 15) is 13.2 Å². The second-order valence-corrected chi connectivity index (χ2v) is 8.26. The summed E-state index contributed by atoms with van der Waals surface area (Å²) < 4.78 is 39.6. The normalized spacial score (nSPS) is 11.2. The molecule has 28 heavy (non-hydrogen) atoms. The van der Waals surface area contributed by atoms with Gasteiger partial charge in [-0.05, 0) is 36.4 Å². The molecule has 0 heterocycles. The van der Waals surface area contributed by atoms with Crippen molar-refractivity contribution in [3.8, 4) is 5.75 Å². The number of para-hydroxylation sites is 1. The Morgan fingerprint density at radius 3 is 2.32 bits per heavy atom. The molecule has 0 aliphatic carbocycles. The fraction of sp³-hybridized carbons (Fsp3) is 0.316. The van der Waals surface area contributed by atoms with E-state index < -0.39 is 15.7 Å². The minimum atomic E-state index is -3.45. The molecule has 0 fully saturated rings. The first-order valence-corrected chi connectivity index (χ1v) is 10.5. The zero-order valence-electron chi connectivity index (χ0n) is 15.6. The van der Waals surface area contributed by atoms with Gasteiger partial charge in [-0.15, -0.1) is 0 Å². The number of hydrogen-bond donors (Lipinski definition) is 1. The van der Waals surface area contributed by atoms with Crippen LogP contribution >= 0.6 is 11.6 Å². The van der Waals surface area contributed by atoms with Crippen LogP contribution in [0.15, 0.2) is 47.4 Å². The number of carbonyl (C=O) groups is 1. The number of ether oxygens (including phenoxy) is 3. The lowest BCUT2D eigenvalue weighted by molar-refractivity contribution is 0.102. The van der Waals surface area contributed by atoms with Gasteiger partial charge >= 0.3 is 0 Å². The summed E-state index contributed by atoms with van der Waals surface area (Å²) in [5.41, 5.74) is 0.707. The Balaban J connectivity index is 2.14. The predicted molar refractivity (Wildman–Crippen MR) is 107 cm³/mol. The number of anilines is 1. The highest BCUT2D eigenvalue weighted by molar-refractivity contribution is 7.91. The van der Waals surface area contributed by atoms with Gasteiger partial charge in [-0.3, -0.25) is 4.79 Å². The van der Waals surface area contributed by atoms with Crippen molar-refractivity contribution in [1.82, 2.24) is 0 Å². The second-order valence-electron chi connectivity index (χ2n) is 5.75. The third-order valence-corrected chi connectivity index (χ3v) is 5.77. The molecule has 0 aromatic heterocycles. The van der Waals surface area contributed by atoms with Gasteiger partial charge in [0, 0.05) is 19.8 Å². The van der Waals surface area contributed by atoms with E-state index >= 15 is 0 Å². The van der Waals surface area contributed by atoms with Crippen LogP contribution in [0, 0.1) is 0 Å². The second kappa shape index (κ2) is 10.4. The average molecular weight is 428 g/mol. The molecule has 1 amide bonds. The lowest BCUT2D eigenvalue weighted by Crippen LogP contribution is -2.15. The summed E-state index contributed by atoms with van der Waals surface area (Å²) in [6.07, 6.45) is 0. The number of amides is 1. The fourth-order valence-electron chi connectivity index (χ4n) is 2.30. The van der Waals surface area contributed by atoms with E-state index in [1.54, 1.807) is 25.3 Å². The Morgan fingerprint density at radius 1 is 1.00 bits per heavy atom. The maximum atomic E-state index is 12.5. The molecule has 0 saturated heterocycles. The average Bonchev–Trinajstić information content (AvgIpc) is 2.68. The summed E-state index contributed by atoms with van der Waals surface area (Å²) in [6.45, 7) is 0.750. The maximum absolute atomic E-state index is 12.5. The smallest absolute Gasteiger partial charge is 0.255 e. The molecule has 0 bridgehead atoms. The third kappa shape index (κ3) is 5.93. The van der Waals surface area contributed by atoms with Gasteiger partial charge in [0.25, 0.3) is 5.91 Å². The number of methoxy groups -OCH3 is 2. The Morgan fingerprint density at radius 2 is 1.68 bits per heavy atom. The quantitative estimate of drug-likeness (QED) is 0.586. The summed E-state index contributed by atoms with van der Waals surface area (Å²) in [6, 6.07) is 10.7. The largest absolute Gasteiger partial charge is 0.487 e. The minimum Gasteiger partial charge on any atom is -0.487 e. The molecule has 9 heteroatoms. The maximum Gasteiger partial charge on any atom is 0.255 e. The van der Waals surface area contributed by atoms with E-state index in [4.69, 9.17) is 25.8 Å². The summed E-state index contributed by atoms with van der Waals surface area (Å²) in [5.74, 6) is -0.201. The summed E-state index contributed by atoms with van der Waals surface area (Å²) >= 11 is 6.16. The molecule has 2 aromatic carbocycles. The van der Waals surface area contributed by atoms with Gasteiger partial charge < -0.3 is 19.5 Å². The molecule has 0 radical (unpaired) electrons. The molecule has 0 saturated carbocycles. The molecule has 0 unspecified atom stereocenters. The highest BCUT2D eigenvalue weighted by Gasteiger charge is 2.16. The van der Waals surface area contributed by atoms with Gasteiger partial charge in [0.2, 0.25) is 0 Å². The number of nitrogens with one attached hydrogen (secondary N) is 1. The minimum absolute atomic E-state index is 0.102. The monoisotopic (exact) mass is 427 g/mol. The molecular weight excluding hydrogens is 406 g/mol. The number of rotatable bonds is 10. The first-order valence-electron chi connectivity index (χ1n) is 8.42. The van der Waals surface area contributed by atoms with Gasteiger partial charge in [0.05, 0.1) is 34.6 Å². The first kappa shape index (κ1) is 22.2. The van der Waals surface area contributed by atoms with E-state index in [1.807, 2.05) is 0 Å². The number of carbonyl (C=O) groups excluding carboxylic acids is 1. The Hall–Kier alpha value is -2.13. The van der Waals surface area contributed by atoms with Crippen LogP contribution in [0.5, 0.6) is 5.75 Å². The highest BCUT2D eigenvalue weighted by atomic mass is 35.5. The van der Waals surface area contributed by atoms with Crippen LogP contribution in [0.2, 0.25) is 5.02 Å². The Labute approximate surface area is 169 Å². The number of halogens is 1. The van der Waals surface area contributed by atoms with Crippen molar-refractivity contribution in [2.75, 3.05) is 45.1 Å². The zero-order valence-corrected chi connectivity index (χ0v) is 17.2. The van der Waals surface area contributed by atoms with Crippen molar-refractivity contribution < 1.29 is 27.4 Å². The van der Waals surface area contributed by atoms with Crippen LogP contribution in [0.1, 0.15) is 10.4 Å². The SMILES string of the molecule is COCCOc1c(Cl)cccc1NC(=O)c1ccc(S(=O)(=O)CCOC)cc1. The third-order valence-electron chi connectivity index (χ3n) is 3.78. The molecular formula is C19H22ClNO6S. The van der Waals surface area contributed by atoms with Gasteiger partial charge in [-0.1, -0.05) is 17.7 Å². The van der Waals surface area contributed by atoms with Crippen molar-refractivity contribution in [3.05, 3.63) is 53.1 Å². The van der Waals surface area contributed by atoms with E-state index in [1.165, 1.54) is 31.4 Å². The number of hydrogen-bond acceptors (Lipinski definition) is 6. The Kier molecular flexibility index (Phi) is 8.25. The van der Waals surface area contributed by atoms with Crippen molar-refractivity contribution in [2.45, 2.75) is 4.90 Å². The van der Waals surface area contributed by atoms with Crippen LogP contribution in [0.3, 0.4) is 0 Å². The lowest BCUT2D eigenvalue weighted by atomic mass is 10.2. The predicted octanol–water partition coefficient (Wildman–Crippen LogP) is 3.04. The lowest BCUT2D eigenvalue weighted by Gasteiger charge is -2.14. The summed E-state index contributed by atoms with van der Waals surface area (Å²) in [4.78, 5) is 12.7. The fourth-order valence-corrected chi connectivity index (χ4v) is 3.70. The van der Waals surface area contributed by atoms with Crippen LogP contribution in [0.25, 0.3) is 0 Å². The van der Waals surface area contributed by atoms with Gasteiger partial charge in [0.1, 0.15) is 6.61 Å². The molecule has 152 valence electrons. The first-order chi connectivity index (χ1) is 13.4. The van der Waals surface area contributed by atoms with Crippen molar-refractivity contribution in [3.63, 3.8) is 0 Å². The molecule has 2 aromatic rings. The van der Waals surface area contributed by atoms with Crippen molar-refractivity contribution in [2.24, 2.45) is 0 Å². The van der Waals surface area contributed by atoms with E-state index in [-0.39, 0.29) is 23.9 Å². The summed E-state index contributed by atoms with van der Waals surface area (Å²) in [7, 11) is -0.465. The van der Waals surface area contributed by atoms with Crippen LogP contribution in [-0.2, 0) is 19.3 Å². The topological polar surface area (TPSA) is 90.9 Å². The molecule has 1 N–H and O–H groups in total. The van der Waals surface area contributed by atoms with Crippen LogP contribution < -0.4 is 10.1 Å². The molecule has 0 aliphatic rings. The molecule has 0 atom stereocenters. The molecule has 0 spiro atoms. The van der Waals surface area contributed by atoms with E-state index in [2.05, 4.69) is 5.32 Å². The van der Waals surface area contributed by atoms with Crippen molar-refractivity contribution in [1.29, 1.82) is 0 Å². The zero-order chi connectivity index (χ0) is 20.6. The van der Waals surface area contributed by atoms with Gasteiger partial charge in [0.15, 0.2) is 15.6 Å². The number of benzene rings is 2. The van der Waals surface area contributed by atoms with E-state index in [0.29, 0.717) is 28.6 Å². The summed E-state index contributed by atoms with van der Waals surface area (Å²) in [5, 5.41) is 3.08. The number of sulfone groups is 1. The van der Waals surface area contributed by atoms with Gasteiger partial charge in [-0.2, -0.15) is 0 Å². The van der Waals surface area contributed by atoms with Gasteiger partial charge in [-0.25, -0.2) is 8.42 Å². The van der Waals surface area contributed by atoms with E-state index in [0.717, 1.165) is 0 Å². The van der Waals surface area contributed by atoms with Crippen molar-refractivity contribution >= 4 is 33.0 Å². The Bertz CT molecular complexity index is 899. The van der Waals surface area contributed by atoms with Crippen LogP contribution in [0.4, 0.5) is 5.69 Å². The highest BCUT2D eigenvalue weighted by Crippen LogP contribution is 2.33. The molecule has 7 nitrogen and oxygen atoms in total.